The molecular weight excluding hydrogens is 266 g/mol. The highest BCUT2D eigenvalue weighted by Gasteiger charge is 2.45. The minimum absolute atomic E-state index is 0.112. The molecule has 1 aromatic rings. The van der Waals surface area contributed by atoms with Crippen LogP contribution in [-0.4, -0.2) is 50.8 Å². The maximum atomic E-state index is 12.4. The van der Waals surface area contributed by atoms with Gasteiger partial charge < -0.3 is 20.8 Å². The molecule has 0 aromatic carbocycles. The number of nitrogens with two attached hydrogens (primary N) is 1. The zero-order valence-corrected chi connectivity index (χ0v) is 11.2. The number of aliphatic hydroxyl groups excluding tert-OH is 2. The highest BCUT2D eigenvalue weighted by Crippen LogP contribution is 2.30. The first-order valence-electron chi connectivity index (χ1n) is 6.39. The van der Waals surface area contributed by atoms with Crippen LogP contribution in [0.4, 0.5) is 0 Å². The second-order valence-electron chi connectivity index (χ2n) is 5.22. The lowest BCUT2D eigenvalue weighted by Gasteiger charge is -2.29. The van der Waals surface area contributed by atoms with E-state index in [0.717, 1.165) is 17.0 Å². The molecule has 1 aliphatic carbocycles. The van der Waals surface area contributed by atoms with Crippen LogP contribution in [0.25, 0.3) is 0 Å². The van der Waals surface area contributed by atoms with Crippen molar-refractivity contribution in [1.82, 2.24) is 9.88 Å². The molecule has 7 heteroatoms. The maximum Gasteiger partial charge on any atom is 0.228 e. The Kier molecular flexibility index (Phi) is 3.30. The molecular formula is C12H17N3O3S. The molecule has 0 radical (unpaired) electrons. The highest BCUT2D eigenvalue weighted by atomic mass is 32.1. The SMILES string of the molecule is N[C@@H]1C[C@H](C(=O)N2CCc3ncsc3C2)[C@@H](O)[C@H]1O. The lowest BCUT2D eigenvalue weighted by atomic mass is 10.0. The summed E-state index contributed by atoms with van der Waals surface area (Å²) in [5, 5.41) is 19.6. The summed E-state index contributed by atoms with van der Waals surface area (Å²) in [4.78, 5) is 19.5. The molecule has 0 bridgehead atoms. The Morgan fingerprint density at radius 1 is 1.47 bits per heavy atom. The Balaban J connectivity index is 1.72. The molecule has 1 aliphatic heterocycles. The molecule has 1 fully saturated rings. The van der Waals surface area contributed by atoms with E-state index in [1.807, 2.05) is 0 Å². The number of fused-ring (bicyclic) bond motifs is 1. The van der Waals surface area contributed by atoms with Gasteiger partial charge in [0, 0.05) is 23.9 Å². The van der Waals surface area contributed by atoms with E-state index in [2.05, 4.69) is 4.98 Å². The molecule has 4 atom stereocenters. The summed E-state index contributed by atoms with van der Waals surface area (Å²) in [6, 6.07) is -0.521. The van der Waals surface area contributed by atoms with E-state index in [9.17, 15) is 15.0 Å². The van der Waals surface area contributed by atoms with Gasteiger partial charge >= 0.3 is 0 Å². The summed E-state index contributed by atoms with van der Waals surface area (Å²) < 4.78 is 0. The van der Waals surface area contributed by atoms with E-state index in [1.54, 1.807) is 21.7 Å². The van der Waals surface area contributed by atoms with Gasteiger partial charge in [-0.1, -0.05) is 0 Å². The average Bonchev–Trinajstić information content (AvgIpc) is 2.97. The fraction of sp³-hybridized carbons (Fsp3) is 0.667. The zero-order valence-electron chi connectivity index (χ0n) is 10.4. The van der Waals surface area contributed by atoms with Crippen LogP contribution >= 0.6 is 11.3 Å². The summed E-state index contributed by atoms with van der Waals surface area (Å²) >= 11 is 1.55. The molecule has 1 amide bonds. The Hall–Kier alpha value is -1.02. The van der Waals surface area contributed by atoms with Crippen LogP contribution in [0.5, 0.6) is 0 Å². The van der Waals surface area contributed by atoms with Gasteiger partial charge in [0.15, 0.2) is 0 Å². The lowest BCUT2D eigenvalue weighted by molar-refractivity contribution is -0.140. The summed E-state index contributed by atoms with van der Waals surface area (Å²) in [5.74, 6) is -0.696. The minimum atomic E-state index is -1.05. The molecule has 0 spiro atoms. The van der Waals surface area contributed by atoms with Gasteiger partial charge in [-0.15, -0.1) is 11.3 Å². The average molecular weight is 283 g/mol. The molecule has 2 aliphatic rings. The first-order valence-corrected chi connectivity index (χ1v) is 7.27. The van der Waals surface area contributed by atoms with E-state index < -0.39 is 24.2 Å². The summed E-state index contributed by atoms with van der Waals surface area (Å²) in [6.45, 7) is 1.16. The van der Waals surface area contributed by atoms with Crippen molar-refractivity contribution < 1.29 is 15.0 Å². The predicted octanol–water partition coefficient (Wildman–Crippen LogP) is -0.903. The number of hydrogen-bond acceptors (Lipinski definition) is 6. The summed E-state index contributed by atoms with van der Waals surface area (Å²) in [6.07, 6.45) is -0.960. The third kappa shape index (κ3) is 2.16. The summed E-state index contributed by atoms with van der Waals surface area (Å²) in [5.41, 5.74) is 8.56. The number of amides is 1. The quantitative estimate of drug-likeness (QED) is 0.620. The van der Waals surface area contributed by atoms with Crippen molar-refractivity contribution >= 4 is 17.2 Å². The fourth-order valence-electron chi connectivity index (χ4n) is 2.85. The van der Waals surface area contributed by atoms with Crippen LogP contribution in [0.3, 0.4) is 0 Å². The molecule has 3 rings (SSSR count). The number of carbonyl (C=O) groups is 1. The standard InChI is InChI=1S/C12H17N3O3S/c13-7-3-6(10(16)11(7)17)12(18)15-2-1-8-9(4-15)19-5-14-8/h5-7,10-11,16-17H,1-4,13H2/t6-,7+,10+,11-/m0/s1. The van der Waals surface area contributed by atoms with Crippen LogP contribution in [0.1, 0.15) is 17.0 Å². The van der Waals surface area contributed by atoms with Crippen LogP contribution in [0.2, 0.25) is 0 Å². The Morgan fingerprint density at radius 2 is 2.26 bits per heavy atom. The Bertz CT molecular complexity index is 492. The molecule has 1 saturated carbocycles. The molecule has 1 aromatic heterocycles. The third-order valence-electron chi connectivity index (χ3n) is 4.03. The van der Waals surface area contributed by atoms with Crippen molar-refractivity contribution in [1.29, 1.82) is 0 Å². The highest BCUT2D eigenvalue weighted by molar-refractivity contribution is 7.09. The van der Waals surface area contributed by atoms with Crippen LogP contribution in [-0.2, 0) is 17.8 Å². The second kappa shape index (κ2) is 4.82. The maximum absolute atomic E-state index is 12.4. The number of thiazole rings is 1. The van der Waals surface area contributed by atoms with Crippen molar-refractivity contribution in [3.63, 3.8) is 0 Å². The molecule has 0 saturated heterocycles. The van der Waals surface area contributed by atoms with Crippen molar-refractivity contribution in [3.05, 3.63) is 16.1 Å². The fourth-order valence-corrected chi connectivity index (χ4v) is 3.68. The van der Waals surface area contributed by atoms with E-state index >= 15 is 0 Å². The number of hydrogen-bond donors (Lipinski definition) is 3. The van der Waals surface area contributed by atoms with Gasteiger partial charge in [-0.25, -0.2) is 4.98 Å². The van der Waals surface area contributed by atoms with Gasteiger partial charge in [0.25, 0.3) is 0 Å². The van der Waals surface area contributed by atoms with Gasteiger partial charge in [0.05, 0.1) is 35.9 Å². The van der Waals surface area contributed by atoms with E-state index in [1.165, 1.54) is 0 Å². The van der Waals surface area contributed by atoms with Gasteiger partial charge in [-0.05, 0) is 6.42 Å². The van der Waals surface area contributed by atoms with E-state index in [4.69, 9.17) is 5.73 Å². The number of aliphatic hydroxyl groups is 2. The van der Waals surface area contributed by atoms with E-state index in [0.29, 0.717) is 19.5 Å². The Labute approximate surface area is 114 Å². The Morgan fingerprint density at radius 3 is 2.95 bits per heavy atom. The number of nitrogens with zero attached hydrogens (tertiary/aromatic N) is 2. The van der Waals surface area contributed by atoms with Gasteiger partial charge in [0.1, 0.15) is 0 Å². The molecule has 104 valence electrons. The number of rotatable bonds is 1. The van der Waals surface area contributed by atoms with E-state index in [-0.39, 0.29) is 5.91 Å². The predicted molar refractivity (Wildman–Crippen MR) is 69.3 cm³/mol. The molecule has 0 unspecified atom stereocenters. The summed E-state index contributed by atoms with van der Waals surface area (Å²) in [7, 11) is 0. The topological polar surface area (TPSA) is 99.7 Å². The van der Waals surface area contributed by atoms with Gasteiger partial charge in [-0.3, -0.25) is 4.79 Å². The third-order valence-corrected chi connectivity index (χ3v) is 4.89. The monoisotopic (exact) mass is 283 g/mol. The van der Waals surface area contributed by atoms with Crippen LogP contribution in [0, 0.1) is 5.92 Å². The first-order chi connectivity index (χ1) is 9.08. The van der Waals surface area contributed by atoms with Crippen molar-refractivity contribution in [3.8, 4) is 0 Å². The molecule has 6 nitrogen and oxygen atoms in total. The zero-order chi connectivity index (χ0) is 13.6. The normalized spacial score (nSPS) is 34.4. The number of carbonyl (C=O) groups excluding carboxylic acids is 1. The van der Waals surface area contributed by atoms with Gasteiger partial charge in [-0.2, -0.15) is 0 Å². The van der Waals surface area contributed by atoms with Crippen molar-refractivity contribution in [2.45, 2.75) is 37.6 Å². The molecule has 4 N–H and O–H groups in total. The van der Waals surface area contributed by atoms with Gasteiger partial charge in [0.2, 0.25) is 5.91 Å². The minimum Gasteiger partial charge on any atom is -0.390 e. The number of aromatic nitrogens is 1. The van der Waals surface area contributed by atoms with Crippen LogP contribution in [0.15, 0.2) is 5.51 Å². The largest absolute Gasteiger partial charge is 0.390 e. The second-order valence-corrected chi connectivity index (χ2v) is 6.16. The van der Waals surface area contributed by atoms with Crippen LogP contribution < -0.4 is 5.73 Å². The molecule has 19 heavy (non-hydrogen) atoms. The smallest absolute Gasteiger partial charge is 0.228 e. The lowest BCUT2D eigenvalue weighted by Crippen LogP contribution is -2.43. The van der Waals surface area contributed by atoms with Crippen molar-refractivity contribution in [2.75, 3.05) is 6.54 Å². The first kappa shape index (κ1) is 13.0. The molecule has 2 heterocycles. The van der Waals surface area contributed by atoms with Crippen molar-refractivity contribution in [2.24, 2.45) is 11.7 Å².